The number of benzene rings is 2. The summed E-state index contributed by atoms with van der Waals surface area (Å²) in [5, 5.41) is 2.15. The third-order valence-corrected chi connectivity index (χ3v) is 4.69. The molecule has 0 radical (unpaired) electrons. The first-order chi connectivity index (χ1) is 13.2. The van der Waals surface area contributed by atoms with Gasteiger partial charge in [-0.3, -0.25) is 0 Å². The number of hydrogen-bond donors (Lipinski definition) is 0. The van der Waals surface area contributed by atoms with Crippen molar-refractivity contribution in [3.8, 4) is 5.69 Å². The predicted octanol–water partition coefficient (Wildman–Crippen LogP) is 5.73. The van der Waals surface area contributed by atoms with Gasteiger partial charge in [-0.2, -0.15) is 0 Å². The zero-order valence-electron chi connectivity index (χ0n) is 16.0. The Hall–Kier alpha value is -2.85. The van der Waals surface area contributed by atoms with Gasteiger partial charge in [0.2, 0.25) is 0 Å². The van der Waals surface area contributed by atoms with E-state index in [1.807, 2.05) is 49.4 Å². The number of fused-ring (bicyclic) bond motifs is 3. The standard InChI is InChI=1S/C23H22N2O2.ClH/c1-3-10-16-15-19-18-13-8-9-14-20(18)25(17-11-6-5-7-12-17)22(19)21(24-16)23(26)27-4-2;/h5-9,11-15H,3-4,10H2,1-2H3;1H. The molecule has 4 nitrogen and oxygen atoms in total. The van der Waals surface area contributed by atoms with Gasteiger partial charge < -0.3 is 9.30 Å². The van der Waals surface area contributed by atoms with Crippen LogP contribution in [0.1, 0.15) is 36.5 Å². The number of rotatable bonds is 5. The lowest BCUT2D eigenvalue weighted by molar-refractivity contribution is 0.0521. The van der Waals surface area contributed by atoms with Crippen LogP contribution >= 0.6 is 12.4 Å². The van der Waals surface area contributed by atoms with E-state index in [0.29, 0.717) is 12.3 Å². The van der Waals surface area contributed by atoms with Crippen LogP contribution in [0.25, 0.3) is 27.5 Å². The maximum Gasteiger partial charge on any atom is 0.359 e. The average molecular weight is 395 g/mol. The number of pyridine rings is 1. The summed E-state index contributed by atoms with van der Waals surface area (Å²) in [6.45, 7) is 4.26. The largest absolute Gasteiger partial charge is 0.461 e. The van der Waals surface area contributed by atoms with Crippen molar-refractivity contribution in [2.45, 2.75) is 26.7 Å². The lowest BCUT2D eigenvalue weighted by atomic mass is 10.1. The van der Waals surface area contributed by atoms with Gasteiger partial charge in [-0.1, -0.05) is 49.7 Å². The Balaban J connectivity index is 0.00000225. The number of aryl methyl sites for hydroxylation is 1. The Morgan fingerprint density at radius 1 is 1.00 bits per heavy atom. The third kappa shape index (κ3) is 3.36. The van der Waals surface area contributed by atoms with Crippen LogP contribution in [0.15, 0.2) is 60.7 Å². The van der Waals surface area contributed by atoms with Crippen molar-refractivity contribution in [2.75, 3.05) is 6.61 Å². The monoisotopic (exact) mass is 394 g/mol. The van der Waals surface area contributed by atoms with Gasteiger partial charge in [0.1, 0.15) is 0 Å². The summed E-state index contributed by atoms with van der Waals surface area (Å²) in [6.07, 6.45) is 1.80. The van der Waals surface area contributed by atoms with E-state index in [9.17, 15) is 4.79 Å². The van der Waals surface area contributed by atoms with Gasteiger partial charge in [-0.05, 0) is 37.6 Å². The second-order valence-electron chi connectivity index (χ2n) is 6.52. The Morgan fingerprint density at radius 3 is 2.43 bits per heavy atom. The number of halogens is 1. The molecule has 0 aliphatic heterocycles. The minimum Gasteiger partial charge on any atom is -0.461 e. The molecule has 144 valence electrons. The van der Waals surface area contributed by atoms with Crippen LogP contribution in [0.4, 0.5) is 0 Å². The van der Waals surface area contributed by atoms with E-state index in [-0.39, 0.29) is 18.4 Å². The number of hydrogen-bond acceptors (Lipinski definition) is 3. The molecular weight excluding hydrogens is 372 g/mol. The minimum absolute atomic E-state index is 0. The van der Waals surface area contributed by atoms with Crippen LogP contribution in [0.2, 0.25) is 0 Å². The SMILES string of the molecule is CCCc1cc2c3ccccc3n(-c3ccccc3)c2c(C(=O)OCC)n1.Cl. The molecule has 0 unspecified atom stereocenters. The molecule has 4 rings (SSSR count). The van der Waals surface area contributed by atoms with Crippen molar-refractivity contribution in [1.82, 2.24) is 9.55 Å². The predicted molar refractivity (Wildman–Crippen MR) is 116 cm³/mol. The lowest BCUT2D eigenvalue weighted by Gasteiger charge is -2.11. The van der Waals surface area contributed by atoms with Crippen LogP contribution in [0, 0.1) is 0 Å². The first kappa shape index (κ1) is 19.9. The molecule has 2 heterocycles. The number of aromatic nitrogens is 2. The number of carbonyl (C=O) groups excluding carboxylic acids is 1. The summed E-state index contributed by atoms with van der Waals surface area (Å²) in [5.74, 6) is -0.375. The van der Waals surface area contributed by atoms with E-state index in [0.717, 1.165) is 46.0 Å². The van der Waals surface area contributed by atoms with Gasteiger partial charge in [0.05, 0.1) is 17.6 Å². The quantitative estimate of drug-likeness (QED) is 0.406. The second-order valence-corrected chi connectivity index (χ2v) is 6.52. The molecule has 0 spiro atoms. The van der Waals surface area contributed by atoms with Crippen molar-refractivity contribution in [2.24, 2.45) is 0 Å². The van der Waals surface area contributed by atoms with Gasteiger partial charge in [-0.15, -0.1) is 12.4 Å². The van der Waals surface area contributed by atoms with E-state index < -0.39 is 0 Å². The zero-order valence-corrected chi connectivity index (χ0v) is 16.8. The normalized spacial score (nSPS) is 10.8. The molecule has 0 saturated carbocycles. The van der Waals surface area contributed by atoms with E-state index in [1.165, 1.54) is 0 Å². The molecule has 0 aliphatic rings. The fraction of sp³-hybridized carbons (Fsp3) is 0.217. The number of nitrogens with zero attached hydrogens (tertiary/aromatic N) is 2. The molecule has 2 aromatic carbocycles. The number of ether oxygens (including phenoxy) is 1. The Morgan fingerprint density at radius 2 is 1.71 bits per heavy atom. The summed E-state index contributed by atoms with van der Waals surface area (Å²) in [6, 6.07) is 20.4. The molecular formula is C23H23ClN2O2. The third-order valence-electron chi connectivity index (χ3n) is 4.69. The highest BCUT2D eigenvalue weighted by atomic mass is 35.5. The summed E-state index contributed by atoms with van der Waals surface area (Å²) < 4.78 is 7.45. The summed E-state index contributed by atoms with van der Waals surface area (Å²) in [7, 11) is 0. The first-order valence-electron chi connectivity index (χ1n) is 9.40. The number of carbonyl (C=O) groups is 1. The molecule has 2 aromatic heterocycles. The van der Waals surface area contributed by atoms with Gasteiger partial charge in [0.15, 0.2) is 5.69 Å². The first-order valence-corrected chi connectivity index (χ1v) is 9.40. The molecule has 0 N–H and O–H groups in total. The highest BCUT2D eigenvalue weighted by Gasteiger charge is 2.22. The molecule has 28 heavy (non-hydrogen) atoms. The lowest BCUT2D eigenvalue weighted by Crippen LogP contribution is -2.11. The van der Waals surface area contributed by atoms with Crippen molar-refractivity contribution < 1.29 is 9.53 Å². The maximum absolute atomic E-state index is 12.8. The van der Waals surface area contributed by atoms with Crippen LogP contribution < -0.4 is 0 Å². The molecule has 4 aromatic rings. The van der Waals surface area contributed by atoms with Gasteiger partial charge >= 0.3 is 5.97 Å². The minimum atomic E-state index is -0.375. The van der Waals surface area contributed by atoms with Crippen LogP contribution in [-0.2, 0) is 11.2 Å². The highest BCUT2D eigenvalue weighted by Crippen LogP contribution is 2.34. The van der Waals surface area contributed by atoms with Gasteiger partial charge in [0.25, 0.3) is 0 Å². The fourth-order valence-electron chi connectivity index (χ4n) is 3.61. The summed E-state index contributed by atoms with van der Waals surface area (Å²) in [4.78, 5) is 17.5. The molecule has 0 amide bonds. The second kappa shape index (κ2) is 8.44. The molecule has 0 fully saturated rings. The van der Waals surface area contributed by atoms with E-state index in [2.05, 4.69) is 29.7 Å². The molecule has 5 heteroatoms. The van der Waals surface area contributed by atoms with Crippen molar-refractivity contribution >= 4 is 40.2 Å². The van der Waals surface area contributed by atoms with Gasteiger partial charge in [0, 0.05) is 22.2 Å². The molecule has 0 saturated heterocycles. The van der Waals surface area contributed by atoms with Crippen molar-refractivity contribution in [1.29, 1.82) is 0 Å². The van der Waals surface area contributed by atoms with Crippen LogP contribution in [-0.4, -0.2) is 22.1 Å². The smallest absolute Gasteiger partial charge is 0.359 e. The van der Waals surface area contributed by atoms with Gasteiger partial charge in [-0.25, -0.2) is 9.78 Å². The Bertz CT molecular complexity index is 1120. The average Bonchev–Trinajstić information content (AvgIpc) is 3.03. The molecule has 0 aliphatic carbocycles. The summed E-state index contributed by atoms with van der Waals surface area (Å²) in [5.41, 5.74) is 4.17. The topological polar surface area (TPSA) is 44.1 Å². The van der Waals surface area contributed by atoms with Crippen LogP contribution in [0.3, 0.4) is 0 Å². The number of para-hydroxylation sites is 2. The fourth-order valence-corrected chi connectivity index (χ4v) is 3.61. The summed E-state index contributed by atoms with van der Waals surface area (Å²) >= 11 is 0. The number of esters is 1. The zero-order chi connectivity index (χ0) is 18.8. The van der Waals surface area contributed by atoms with E-state index in [4.69, 9.17) is 9.72 Å². The maximum atomic E-state index is 12.8. The van der Waals surface area contributed by atoms with Crippen molar-refractivity contribution in [3.05, 3.63) is 72.1 Å². The molecule has 0 atom stereocenters. The van der Waals surface area contributed by atoms with E-state index in [1.54, 1.807) is 0 Å². The molecule has 0 bridgehead atoms. The Kier molecular flexibility index (Phi) is 6.00. The highest BCUT2D eigenvalue weighted by molar-refractivity contribution is 6.14. The Labute approximate surface area is 170 Å². The van der Waals surface area contributed by atoms with E-state index >= 15 is 0 Å². The van der Waals surface area contributed by atoms with Crippen molar-refractivity contribution in [3.63, 3.8) is 0 Å². The van der Waals surface area contributed by atoms with Crippen LogP contribution in [0.5, 0.6) is 0 Å².